The molecule has 2 atom stereocenters. The highest BCUT2D eigenvalue weighted by molar-refractivity contribution is 7.09. The van der Waals surface area contributed by atoms with Crippen molar-refractivity contribution >= 4 is 22.6 Å². The maximum Gasteiger partial charge on any atom is 0.228 e. The molecule has 116 valence electrons. The van der Waals surface area contributed by atoms with Crippen LogP contribution in [0.5, 0.6) is 0 Å². The highest BCUT2D eigenvalue weighted by Gasteiger charge is 2.35. The van der Waals surface area contributed by atoms with Crippen molar-refractivity contribution in [2.45, 2.75) is 38.7 Å². The Bertz CT molecular complexity index is 499. The van der Waals surface area contributed by atoms with Gasteiger partial charge in [0, 0.05) is 44.1 Å². The van der Waals surface area contributed by atoms with Crippen molar-refractivity contribution in [1.29, 1.82) is 0 Å². The molecule has 0 aromatic carbocycles. The summed E-state index contributed by atoms with van der Waals surface area (Å²) in [6, 6.07) is 0. The third-order valence-corrected chi connectivity index (χ3v) is 5.25. The molecule has 1 aliphatic carbocycles. The minimum absolute atomic E-state index is 0.131. The Labute approximate surface area is 128 Å². The van der Waals surface area contributed by atoms with Gasteiger partial charge in [-0.05, 0) is 19.3 Å². The lowest BCUT2D eigenvalue weighted by Crippen LogP contribution is -2.51. The maximum absolute atomic E-state index is 12.4. The molecule has 1 N–H and O–H groups in total. The number of aromatic nitrogens is 2. The van der Waals surface area contributed by atoms with Crippen LogP contribution in [0.4, 0.5) is 5.13 Å². The fourth-order valence-electron chi connectivity index (χ4n) is 3.10. The van der Waals surface area contributed by atoms with Gasteiger partial charge >= 0.3 is 0 Å². The summed E-state index contributed by atoms with van der Waals surface area (Å²) >= 11 is 1.44. The average molecular weight is 310 g/mol. The quantitative estimate of drug-likeness (QED) is 0.899. The van der Waals surface area contributed by atoms with E-state index < -0.39 is 6.10 Å². The molecule has 1 aromatic heterocycles. The molecule has 2 unspecified atom stereocenters. The number of hydrogen-bond donors (Lipinski definition) is 1. The minimum atomic E-state index is -0.439. The zero-order chi connectivity index (χ0) is 14.8. The molecule has 2 heterocycles. The summed E-state index contributed by atoms with van der Waals surface area (Å²) in [7, 11) is 0. The van der Waals surface area contributed by atoms with Gasteiger partial charge in [0.05, 0.1) is 12.0 Å². The number of carbonyl (C=O) groups is 1. The smallest absolute Gasteiger partial charge is 0.228 e. The summed E-state index contributed by atoms with van der Waals surface area (Å²) in [5.41, 5.74) is 0. The Kier molecular flexibility index (Phi) is 4.40. The van der Waals surface area contributed by atoms with Crippen LogP contribution in [0.2, 0.25) is 0 Å². The first-order chi connectivity index (χ1) is 10.2. The van der Waals surface area contributed by atoms with Crippen LogP contribution in [0.3, 0.4) is 0 Å². The third kappa shape index (κ3) is 3.03. The Hall–Kier alpha value is -1.21. The monoisotopic (exact) mass is 310 g/mol. The van der Waals surface area contributed by atoms with Gasteiger partial charge < -0.3 is 14.9 Å². The summed E-state index contributed by atoms with van der Waals surface area (Å²) < 4.78 is 4.31. The molecule has 7 heteroatoms. The molecule has 1 saturated carbocycles. The predicted octanol–water partition coefficient (Wildman–Crippen LogP) is 0.910. The number of aliphatic hydroxyl groups excluding tert-OH is 1. The molecule has 2 fully saturated rings. The minimum Gasteiger partial charge on any atom is -0.392 e. The third-order valence-electron chi connectivity index (χ3n) is 4.43. The molecule has 1 saturated heterocycles. The number of hydrogen-bond acceptors (Lipinski definition) is 6. The van der Waals surface area contributed by atoms with E-state index in [1.54, 1.807) is 0 Å². The van der Waals surface area contributed by atoms with Gasteiger partial charge in [-0.3, -0.25) is 4.79 Å². The van der Waals surface area contributed by atoms with Gasteiger partial charge in [0.15, 0.2) is 0 Å². The van der Waals surface area contributed by atoms with Crippen molar-refractivity contribution in [3.05, 3.63) is 5.82 Å². The van der Waals surface area contributed by atoms with Gasteiger partial charge in [-0.25, -0.2) is 4.98 Å². The van der Waals surface area contributed by atoms with Crippen LogP contribution < -0.4 is 4.90 Å². The van der Waals surface area contributed by atoms with Gasteiger partial charge in [-0.2, -0.15) is 4.37 Å². The molecule has 1 aliphatic heterocycles. The van der Waals surface area contributed by atoms with E-state index in [1.807, 2.05) is 4.90 Å². The van der Waals surface area contributed by atoms with Crippen LogP contribution in [-0.4, -0.2) is 57.6 Å². The highest BCUT2D eigenvalue weighted by atomic mass is 32.1. The molecule has 1 aromatic rings. The molecule has 0 spiro atoms. The normalized spacial score (nSPS) is 26.4. The Morgan fingerprint density at radius 3 is 2.67 bits per heavy atom. The van der Waals surface area contributed by atoms with E-state index in [2.05, 4.69) is 21.2 Å². The fourth-order valence-corrected chi connectivity index (χ4v) is 3.90. The summed E-state index contributed by atoms with van der Waals surface area (Å²) in [5.74, 6) is 0.846. The molecule has 0 bridgehead atoms. The van der Waals surface area contributed by atoms with Gasteiger partial charge in [0.1, 0.15) is 5.82 Å². The number of rotatable bonds is 3. The lowest BCUT2D eigenvalue weighted by Gasteiger charge is -2.36. The van der Waals surface area contributed by atoms with E-state index in [0.717, 1.165) is 49.7 Å². The summed E-state index contributed by atoms with van der Waals surface area (Å²) in [4.78, 5) is 21.0. The van der Waals surface area contributed by atoms with Crippen molar-refractivity contribution in [3.8, 4) is 0 Å². The van der Waals surface area contributed by atoms with Crippen LogP contribution in [0.15, 0.2) is 0 Å². The van der Waals surface area contributed by atoms with Crippen LogP contribution >= 0.6 is 11.5 Å². The molecule has 1 amide bonds. The Balaban J connectivity index is 1.56. The number of aryl methyl sites for hydroxylation is 1. The van der Waals surface area contributed by atoms with E-state index in [1.165, 1.54) is 11.5 Å². The number of piperazine rings is 1. The molecular formula is C14H22N4O2S. The van der Waals surface area contributed by atoms with Crippen LogP contribution in [0.1, 0.15) is 32.0 Å². The summed E-state index contributed by atoms with van der Waals surface area (Å²) in [6.07, 6.45) is 2.97. The molecular weight excluding hydrogens is 288 g/mol. The van der Waals surface area contributed by atoms with Gasteiger partial charge in [-0.15, -0.1) is 0 Å². The number of anilines is 1. The number of aliphatic hydroxyl groups is 1. The number of carbonyl (C=O) groups excluding carboxylic acids is 1. The van der Waals surface area contributed by atoms with Gasteiger partial charge in [0.2, 0.25) is 11.0 Å². The fraction of sp³-hybridized carbons (Fsp3) is 0.786. The van der Waals surface area contributed by atoms with E-state index >= 15 is 0 Å². The van der Waals surface area contributed by atoms with Crippen molar-refractivity contribution in [1.82, 2.24) is 14.3 Å². The average Bonchev–Trinajstić information content (AvgIpc) is 3.15. The van der Waals surface area contributed by atoms with E-state index in [-0.39, 0.29) is 11.8 Å². The summed E-state index contributed by atoms with van der Waals surface area (Å²) in [5, 5.41) is 10.8. The molecule has 2 aliphatic rings. The zero-order valence-corrected chi connectivity index (χ0v) is 13.2. The first-order valence-corrected chi connectivity index (χ1v) is 8.50. The largest absolute Gasteiger partial charge is 0.392 e. The number of nitrogens with zero attached hydrogens (tertiary/aromatic N) is 4. The molecule has 21 heavy (non-hydrogen) atoms. The van der Waals surface area contributed by atoms with Gasteiger partial charge in [0.25, 0.3) is 0 Å². The standard InChI is InChI=1S/C14H22N4O2S/c1-2-12-15-14(21-16-12)18-8-6-17(7-9-18)13(20)10-4-3-5-11(10)19/h10-11,19H,2-9H2,1H3. The van der Waals surface area contributed by atoms with E-state index in [0.29, 0.717) is 13.1 Å². The van der Waals surface area contributed by atoms with Crippen molar-refractivity contribution < 1.29 is 9.90 Å². The second-order valence-corrected chi connectivity index (χ2v) is 6.49. The molecule has 6 nitrogen and oxygen atoms in total. The van der Waals surface area contributed by atoms with Crippen molar-refractivity contribution in [3.63, 3.8) is 0 Å². The lowest BCUT2D eigenvalue weighted by atomic mass is 10.0. The maximum atomic E-state index is 12.4. The van der Waals surface area contributed by atoms with E-state index in [9.17, 15) is 9.90 Å². The highest BCUT2D eigenvalue weighted by Crippen LogP contribution is 2.28. The lowest BCUT2D eigenvalue weighted by molar-refractivity contribution is -0.138. The van der Waals surface area contributed by atoms with Crippen molar-refractivity contribution in [2.75, 3.05) is 31.1 Å². The van der Waals surface area contributed by atoms with Gasteiger partial charge in [-0.1, -0.05) is 6.92 Å². The molecule has 3 rings (SSSR count). The molecule has 0 radical (unpaired) electrons. The first kappa shape index (κ1) is 14.7. The van der Waals surface area contributed by atoms with Crippen LogP contribution in [0, 0.1) is 5.92 Å². The first-order valence-electron chi connectivity index (χ1n) is 7.73. The zero-order valence-electron chi connectivity index (χ0n) is 12.4. The van der Waals surface area contributed by atoms with Crippen molar-refractivity contribution in [2.24, 2.45) is 5.92 Å². The van der Waals surface area contributed by atoms with Crippen LogP contribution in [0.25, 0.3) is 0 Å². The van der Waals surface area contributed by atoms with Crippen LogP contribution in [-0.2, 0) is 11.2 Å². The Morgan fingerprint density at radius 2 is 2.10 bits per heavy atom. The SMILES string of the molecule is CCc1nsc(N2CCN(C(=O)C3CCCC3O)CC2)n1. The topological polar surface area (TPSA) is 69.6 Å². The Morgan fingerprint density at radius 1 is 1.33 bits per heavy atom. The number of amides is 1. The summed E-state index contributed by atoms with van der Waals surface area (Å²) in [6.45, 7) is 5.07. The van der Waals surface area contributed by atoms with E-state index in [4.69, 9.17) is 0 Å². The predicted molar refractivity (Wildman–Crippen MR) is 81.4 cm³/mol. The second-order valence-electron chi connectivity index (χ2n) is 5.76. The second kappa shape index (κ2) is 6.27.